The minimum Gasteiger partial charge on any atom is -0.497 e. The molecule has 0 fully saturated rings. The van der Waals surface area contributed by atoms with E-state index in [9.17, 15) is 4.79 Å². The summed E-state index contributed by atoms with van der Waals surface area (Å²) < 4.78 is 5.18. The number of rotatable bonds is 3. The first-order chi connectivity index (χ1) is 12.3. The molecule has 0 bridgehead atoms. The summed E-state index contributed by atoms with van der Waals surface area (Å²) in [5.74, 6) is 0.745. The van der Waals surface area contributed by atoms with Gasteiger partial charge in [0.2, 0.25) is 0 Å². The fourth-order valence-corrected chi connectivity index (χ4v) is 3.37. The Morgan fingerprint density at radius 3 is 2.64 bits per heavy atom. The lowest BCUT2D eigenvalue weighted by Gasteiger charge is -2.35. The molecule has 1 aliphatic rings. The highest BCUT2D eigenvalue weighted by Crippen LogP contribution is 2.34. The lowest BCUT2D eigenvalue weighted by Crippen LogP contribution is -2.40. The van der Waals surface area contributed by atoms with E-state index in [4.69, 9.17) is 4.74 Å². The van der Waals surface area contributed by atoms with Crippen molar-refractivity contribution in [3.05, 3.63) is 83.4 Å². The third-order valence-corrected chi connectivity index (χ3v) is 4.64. The van der Waals surface area contributed by atoms with E-state index in [-0.39, 0.29) is 11.9 Å². The summed E-state index contributed by atoms with van der Waals surface area (Å²) in [5.41, 5.74) is 3.75. The molecule has 1 amide bonds. The molecule has 126 valence electrons. The van der Waals surface area contributed by atoms with Crippen LogP contribution in [0.5, 0.6) is 5.75 Å². The highest BCUT2D eigenvalue weighted by atomic mass is 16.5. The maximum absolute atomic E-state index is 13.2. The molecular weight excluding hydrogens is 314 g/mol. The number of carbonyl (C=O) groups excluding carboxylic acids is 1. The van der Waals surface area contributed by atoms with E-state index in [1.165, 1.54) is 0 Å². The first-order valence-electron chi connectivity index (χ1n) is 8.30. The molecule has 2 heterocycles. The largest absolute Gasteiger partial charge is 0.497 e. The van der Waals surface area contributed by atoms with Crippen LogP contribution in [0.4, 0.5) is 0 Å². The summed E-state index contributed by atoms with van der Waals surface area (Å²) in [6, 6.07) is 17.1. The van der Waals surface area contributed by atoms with Crippen LogP contribution in [0.25, 0.3) is 0 Å². The van der Waals surface area contributed by atoms with Crippen LogP contribution in [0.2, 0.25) is 0 Å². The van der Waals surface area contributed by atoms with E-state index in [2.05, 4.69) is 9.97 Å². The molecule has 1 aromatic heterocycles. The molecule has 1 N–H and O–H groups in total. The normalized spacial score (nSPS) is 16.4. The fourth-order valence-electron chi connectivity index (χ4n) is 3.37. The van der Waals surface area contributed by atoms with Crippen molar-refractivity contribution in [3.8, 4) is 5.75 Å². The lowest BCUT2D eigenvalue weighted by atomic mass is 9.95. The molecule has 25 heavy (non-hydrogen) atoms. The summed E-state index contributed by atoms with van der Waals surface area (Å²) in [5, 5.41) is 0. The smallest absolute Gasteiger partial charge is 0.254 e. The third-order valence-electron chi connectivity index (χ3n) is 4.64. The van der Waals surface area contributed by atoms with E-state index in [0.29, 0.717) is 12.1 Å². The number of nitrogens with zero attached hydrogens (tertiary/aromatic N) is 2. The van der Waals surface area contributed by atoms with Gasteiger partial charge in [0.05, 0.1) is 19.1 Å². The minimum atomic E-state index is -0.175. The zero-order chi connectivity index (χ0) is 17.2. The number of aromatic amines is 1. The second-order valence-corrected chi connectivity index (χ2v) is 6.06. The first kappa shape index (κ1) is 15.4. The number of aromatic nitrogens is 2. The van der Waals surface area contributed by atoms with Gasteiger partial charge in [-0.1, -0.05) is 30.3 Å². The topological polar surface area (TPSA) is 58.2 Å². The first-order valence-corrected chi connectivity index (χ1v) is 8.30. The monoisotopic (exact) mass is 333 g/mol. The second-order valence-electron chi connectivity index (χ2n) is 6.06. The minimum absolute atomic E-state index is 0.00477. The third kappa shape index (κ3) is 2.78. The number of hydrogen-bond donors (Lipinski definition) is 1. The SMILES string of the molecule is COc1ccc(C(=O)N2CCc3[nH]cnc3C2c2ccccc2)cc1. The van der Waals surface area contributed by atoms with Gasteiger partial charge in [0, 0.05) is 24.2 Å². The van der Waals surface area contributed by atoms with Crippen LogP contribution in [0, 0.1) is 0 Å². The van der Waals surface area contributed by atoms with Crippen LogP contribution in [-0.4, -0.2) is 34.4 Å². The fraction of sp³-hybridized carbons (Fsp3) is 0.200. The molecule has 0 spiro atoms. The molecule has 5 heteroatoms. The summed E-state index contributed by atoms with van der Waals surface area (Å²) in [6.07, 6.45) is 2.49. The Hall–Kier alpha value is -3.08. The second kappa shape index (κ2) is 6.43. The molecule has 0 saturated heterocycles. The molecule has 2 aromatic carbocycles. The number of carbonyl (C=O) groups is 1. The predicted octanol–water partition coefficient (Wildman–Crippen LogP) is 3.21. The average molecular weight is 333 g/mol. The Morgan fingerprint density at radius 1 is 1.16 bits per heavy atom. The maximum Gasteiger partial charge on any atom is 0.254 e. The molecule has 5 nitrogen and oxygen atoms in total. The molecule has 1 aliphatic heterocycles. The average Bonchev–Trinajstić information content (AvgIpc) is 3.16. The molecule has 1 unspecified atom stereocenters. The van der Waals surface area contributed by atoms with Crippen LogP contribution >= 0.6 is 0 Å². The van der Waals surface area contributed by atoms with E-state index in [1.807, 2.05) is 59.5 Å². The number of fused-ring (bicyclic) bond motifs is 1. The number of ether oxygens (including phenoxy) is 1. The molecule has 0 aliphatic carbocycles. The number of hydrogen-bond acceptors (Lipinski definition) is 3. The summed E-state index contributed by atoms with van der Waals surface area (Å²) >= 11 is 0. The van der Waals surface area contributed by atoms with Gasteiger partial charge < -0.3 is 14.6 Å². The van der Waals surface area contributed by atoms with Gasteiger partial charge in [-0.3, -0.25) is 4.79 Å². The summed E-state index contributed by atoms with van der Waals surface area (Å²) in [7, 11) is 1.62. The van der Waals surface area contributed by atoms with Gasteiger partial charge in [-0.15, -0.1) is 0 Å². The van der Waals surface area contributed by atoms with Crippen molar-refractivity contribution in [2.75, 3.05) is 13.7 Å². The van der Waals surface area contributed by atoms with E-state index < -0.39 is 0 Å². The Kier molecular flexibility index (Phi) is 3.98. The van der Waals surface area contributed by atoms with E-state index in [1.54, 1.807) is 13.4 Å². The molecule has 0 saturated carbocycles. The van der Waals surface area contributed by atoms with Gasteiger partial charge in [-0.05, 0) is 29.8 Å². The summed E-state index contributed by atoms with van der Waals surface area (Å²) in [4.78, 5) is 22.8. The lowest BCUT2D eigenvalue weighted by molar-refractivity contribution is 0.0690. The number of benzene rings is 2. The Bertz CT molecular complexity index is 871. The van der Waals surface area contributed by atoms with Gasteiger partial charge in [-0.2, -0.15) is 0 Å². The van der Waals surface area contributed by atoms with Crippen LogP contribution in [0.1, 0.15) is 33.4 Å². The van der Waals surface area contributed by atoms with Crippen LogP contribution in [0.3, 0.4) is 0 Å². The molecule has 1 atom stereocenters. The van der Waals surface area contributed by atoms with E-state index in [0.717, 1.165) is 29.1 Å². The zero-order valence-electron chi connectivity index (χ0n) is 14.0. The quantitative estimate of drug-likeness (QED) is 0.801. The molecular formula is C20H19N3O2. The Morgan fingerprint density at radius 2 is 1.92 bits per heavy atom. The van der Waals surface area contributed by atoms with Crippen molar-refractivity contribution in [3.63, 3.8) is 0 Å². The standard InChI is InChI=1S/C20H19N3O2/c1-25-16-9-7-15(8-10-16)20(24)23-12-11-17-18(22-13-21-17)19(23)14-5-3-2-4-6-14/h2-10,13,19H,11-12H2,1H3,(H,21,22). The van der Waals surface area contributed by atoms with Gasteiger partial charge in [0.1, 0.15) is 11.8 Å². The van der Waals surface area contributed by atoms with Gasteiger partial charge in [-0.25, -0.2) is 4.98 Å². The van der Waals surface area contributed by atoms with E-state index >= 15 is 0 Å². The van der Waals surface area contributed by atoms with Crippen LogP contribution < -0.4 is 4.74 Å². The predicted molar refractivity (Wildman–Crippen MR) is 94.6 cm³/mol. The van der Waals surface area contributed by atoms with Crippen molar-refractivity contribution in [2.24, 2.45) is 0 Å². The highest BCUT2D eigenvalue weighted by Gasteiger charge is 2.34. The number of amides is 1. The number of H-pyrrole nitrogens is 1. The van der Waals surface area contributed by atoms with Crippen LogP contribution in [0.15, 0.2) is 60.9 Å². The maximum atomic E-state index is 13.2. The number of nitrogens with one attached hydrogen (secondary N) is 1. The van der Waals surface area contributed by atoms with Gasteiger partial charge in [0.15, 0.2) is 0 Å². The molecule has 0 radical (unpaired) electrons. The Labute approximate surface area is 146 Å². The number of methoxy groups -OCH3 is 1. The van der Waals surface area contributed by atoms with Gasteiger partial charge >= 0.3 is 0 Å². The van der Waals surface area contributed by atoms with Crippen molar-refractivity contribution in [1.82, 2.24) is 14.9 Å². The van der Waals surface area contributed by atoms with Crippen molar-refractivity contribution >= 4 is 5.91 Å². The number of imidazole rings is 1. The highest BCUT2D eigenvalue weighted by molar-refractivity contribution is 5.95. The van der Waals surface area contributed by atoms with Crippen LogP contribution in [-0.2, 0) is 6.42 Å². The van der Waals surface area contributed by atoms with Crippen molar-refractivity contribution in [1.29, 1.82) is 0 Å². The molecule has 3 aromatic rings. The van der Waals surface area contributed by atoms with Crippen molar-refractivity contribution < 1.29 is 9.53 Å². The molecule has 4 rings (SSSR count). The Balaban J connectivity index is 1.73. The summed E-state index contributed by atoms with van der Waals surface area (Å²) in [6.45, 7) is 0.652. The zero-order valence-corrected chi connectivity index (χ0v) is 14.0. The van der Waals surface area contributed by atoms with Crippen molar-refractivity contribution in [2.45, 2.75) is 12.5 Å². The van der Waals surface area contributed by atoms with Gasteiger partial charge in [0.25, 0.3) is 5.91 Å².